The molecule has 3 heteroatoms. The summed E-state index contributed by atoms with van der Waals surface area (Å²) in [6.45, 7) is 0.735. The summed E-state index contributed by atoms with van der Waals surface area (Å²) in [6, 6.07) is 6.74. The summed E-state index contributed by atoms with van der Waals surface area (Å²) in [6.07, 6.45) is 6.47. The second-order valence-corrected chi connectivity index (χ2v) is 6.35. The van der Waals surface area contributed by atoms with Crippen molar-refractivity contribution in [3.8, 4) is 0 Å². The highest BCUT2D eigenvalue weighted by molar-refractivity contribution is 5.18. The van der Waals surface area contributed by atoms with Gasteiger partial charge in [-0.1, -0.05) is 31.0 Å². The Bertz CT molecular complexity index is 454. The Morgan fingerprint density at radius 2 is 2.05 bits per heavy atom. The van der Waals surface area contributed by atoms with E-state index in [-0.39, 0.29) is 17.3 Å². The van der Waals surface area contributed by atoms with E-state index in [0.29, 0.717) is 12.0 Å². The molecule has 1 spiro atoms. The topological polar surface area (TPSA) is 29.5 Å². The van der Waals surface area contributed by atoms with Gasteiger partial charge in [0.15, 0.2) is 0 Å². The Labute approximate surface area is 120 Å². The Hall–Kier alpha value is -0.930. The molecule has 2 fully saturated rings. The van der Waals surface area contributed by atoms with E-state index in [9.17, 15) is 9.50 Å². The van der Waals surface area contributed by atoms with Crippen LogP contribution in [-0.4, -0.2) is 23.4 Å². The minimum atomic E-state index is -0.465. The molecule has 1 aromatic carbocycles. The van der Waals surface area contributed by atoms with Gasteiger partial charge in [-0.05, 0) is 43.2 Å². The van der Waals surface area contributed by atoms with Crippen LogP contribution in [0.1, 0.15) is 44.1 Å². The third-order valence-electron chi connectivity index (χ3n) is 4.98. The summed E-state index contributed by atoms with van der Waals surface area (Å²) in [5, 5.41) is 10.5. The molecule has 2 atom stereocenters. The average molecular weight is 278 g/mol. The maximum atomic E-state index is 13.7. The Kier molecular flexibility index (Phi) is 4.08. The first-order valence-corrected chi connectivity index (χ1v) is 7.74. The Morgan fingerprint density at radius 1 is 1.30 bits per heavy atom. The molecule has 2 aliphatic rings. The molecule has 1 aromatic rings. The maximum Gasteiger partial charge on any atom is 0.126 e. The number of ether oxygens (including phenoxy) is 1. The minimum absolute atomic E-state index is 0.0130. The van der Waals surface area contributed by atoms with E-state index in [0.717, 1.165) is 32.3 Å². The van der Waals surface area contributed by atoms with Gasteiger partial charge in [-0.2, -0.15) is 0 Å². The lowest BCUT2D eigenvalue weighted by atomic mass is 9.80. The number of benzene rings is 1. The first-order valence-electron chi connectivity index (χ1n) is 7.74. The predicted octanol–water partition coefficient (Wildman–Crippen LogP) is 3.47. The van der Waals surface area contributed by atoms with E-state index in [1.807, 2.05) is 6.07 Å². The summed E-state index contributed by atoms with van der Waals surface area (Å²) in [4.78, 5) is 0. The normalized spacial score (nSPS) is 26.8. The van der Waals surface area contributed by atoms with E-state index in [4.69, 9.17) is 4.74 Å². The highest BCUT2D eigenvalue weighted by atomic mass is 19.1. The summed E-state index contributed by atoms with van der Waals surface area (Å²) < 4.78 is 19.7. The molecule has 0 radical (unpaired) electrons. The van der Waals surface area contributed by atoms with Gasteiger partial charge in [0.1, 0.15) is 5.82 Å². The molecule has 1 saturated carbocycles. The number of aliphatic hydroxyl groups is 1. The standard InChI is InChI=1S/C17H23FO2/c18-15-6-2-1-5-13(15)11-16(19)14-7-10-20-17(12-14)8-3-4-9-17/h1-2,5-6,14,16,19H,3-4,7-12H2. The van der Waals surface area contributed by atoms with Crippen molar-refractivity contribution in [2.75, 3.05) is 6.61 Å². The lowest BCUT2D eigenvalue weighted by Crippen LogP contribution is -2.41. The second kappa shape index (κ2) is 5.82. The molecule has 1 saturated heterocycles. The minimum Gasteiger partial charge on any atom is -0.392 e. The van der Waals surface area contributed by atoms with Crippen LogP contribution in [0.5, 0.6) is 0 Å². The van der Waals surface area contributed by atoms with E-state index in [1.54, 1.807) is 12.1 Å². The number of aliphatic hydroxyl groups excluding tert-OH is 1. The van der Waals surface area contributed by atoms with Crippen LogP contribution < -0.4 is 0 Å². The van der Waals surface area contributed by atoms with Crippen molar-refractivity contribution in [3.05, 3.63) is 35.6 Å². The molecule has 0 aromatic heterocycles. The number of rotatable bonds is 3. The summed E-state index contributed by atoms with van der Waals surface area (Å²) >= 11 is 0. The summed E-state index contributed by atoms with van der Waals surface area (Å²) in [7, 11) is 0. The van der Waals surface area contributed by atoms with Gasteiger partial charge in [0, 0.05) is 13.0 Å². The van der Waals surface area contributed by atoms with E-state index in [1.165, 1.54) is 18.9 Å². The lowest BCUT2D eigenvalue weighted by molar-refractivity contribution is -0.112. The van der Waals surface area contributed by atoms with Gasteiger partial charge in [-0.3, -0.25) is 0 Å². The fraction of sp³-hybridized carbons (Fsp3) is 0.647. The lowest BCUT2D eigenvalue weighted by Gasteiger charge is -2.40. The molecule has 1 aliphatic carbocycles. The van der Waals surface area contributed by atoms with Crippen LogP contribution in [0.3, 0.4) is 0 Å². The van der Waals surface area contributed by atoms with Crippen LogP contribution in [-0.2, 0) is 11.2 Å². The van der Waals surface area contributed by atoms with Crippen molar-refractivity contribution in [2.45, 2.75) is 56.7 Å². The van der Waals surface area contributed by atoms with Crippen LogP contribution >= 0.6 is 0 Å². The van der Waals surface area contributed by atoms with Crippen molar-refractivity contribution in [3.63, 3.8) is 0 Å². The van der Waals surface area contributed by atoms with Crippen LogP contribution in [0.2, 0.25) is 0 Å². The third kappa shape index (κ3) is 2.89. The zero-order chi connectivity index (χ0) is 14.0. The van der Waals surface area contributed by atoms with Crippen LogP contribution in [0.15, 0.2) is 24.3 Å². The Balaban J connectivity index is 1.65. The monoisotopic (exact) mass is 278 g/mol. The van der Waals surface area contributed by atoms with Gasteiger partial charge >= 0.3 is 0 Å². The van der Waals surface area contributed by atoms with Crippen molar-refractivity contribution < 1.29 is 14.2 Å². The molecule has 0 amide bonds. The molecule has 1 N–H and O–H groups in total. The van der Waals surface area contributed by atoms with Gasteiger partial charge < -0.3 is 9.84 Å². The zero-order valence-corrected chi connectivity index (χ0v) is 11.9. The van der Waals surface area contributed by atoms with Crippen LogP contribution in [0, 0.1) is 11.7 Å². The molecule has 3 rings (SSSR count). The van der Waals surface area contributed by atoms with E-state index >= 15 is 0 Å². The molecule has 2 nitrogen and oxygen atoms in total. The van der Waals surface area contributed by atoms with Crippen LogP contribution in [0.25, 0.3) is 0 Å². The highest BCUT2D eigenvalue weighted by Gasteiger charge is 2.41. The van der Waals surface area contributed by atoms with Gasteiger partial charge in [0.2, 0.25) is 0 Å². The van der Waals surface area contributed by atoms with Gasteiger partial charge in [-0.15, -0.1) is 0 Å². The number of hydrogen-bond donors (Lipinski definition) is 1. The molecule has 20 heavy (non-hydrogen) atoms. The molecule has 1 heterocycles. The van der Waals surface area contributed by atoms with Crippen molar-refractivity contribution in [2.24, 2.45) is 5.92 Å². The SMILES string of the molecule is OC(Cc1ccccc1F)C1CCOC2(CCCC2)C1. The van der Waals surface area contributed by atoms with Gasteiger partial charge in [0.25, 0.3) is 0 Å². The van der Waals surface area contributed by atoms with Crippen molar-refractivity contribution in [1.29, 1.82) is 0 Å². The Morgan fingerprint density at radius 3 is 2.80 bits per heavy atom. The van der Waals surface area contributed by atoms with Gasteiger partial charge in [0.05, 0.1) is 11.7 Å². The predicted molar refractivity (Wildman–Crippen MR) is 76.0 cm³/mol. The molecule has 0 bridgehead atoms. The first kappa shape index (κ1) is 14.0. The fourth-order valence-electron chi connectivity index (χ4n) is 3.82. The average Bonchev–Trinajstić information content (AvgIpc) is 2.89. The van der Waals surface area contributed by atoms with Crippen molar-refractivity contribution in [1.82, 2.24) is 0 Å². The van der Waals surface area contributed by atoms with E-state index < -0.39 is 6.10 Å². The third-order valence-corrected chi connectivity index (χ3v) is 4.98. The fourth-order valence-corrected chi connectivity index (χ4v) is 3.82. The highest BCUT2D eigenvalue weighted by Crippen LogP contribution is 2.43. The van der Waals surface area contributed by atoms with Gasteiger partial charge in [-0.25, -0.2) is 4.39 Å². The van der Waals surface area contributed by atoms with Crippen molar-refractivity contribution >= 4 is 0 Å². The maximum absolute atomic E-state index is 13.7. The van der Waals surface area contributed by atoms with Crippen LogP contribution in [0.4, 0.5) is 4.39 Å². The molecular weight excluding hydrogens is 255 g/mol. The molecule has 1 aliphatic heterocycles. The molecular formula is C17H23FO2. The molecule has 2 unspecified atom stereocenters. The van der Waals surface area contributed by atoms with E-state index in [2.05, 4.69) is 0 Å². The number of halogens is 1. The zero-order valence-electron chi connectivity index (χ0n) is 11.9. The molecule has 110 valence electrons. The largest absolute Gasteiger partial charge is 0.392 e. The second-order valence-electron chi connectivity index (χ2n) is 6.35. The summed E-state index contributed by atoms with van der Waals surface area (Å²) in [5.74, 6) is 0.0237. The quantitative estimate of drug-likeness (QED) is 0.917. The number of hydrogen-bond acceptors (Lipinski definition) is 2. The smallest absolute Gasteiger partial charge is 0.126 e. The first-order chi connectivity index (χ1) is 9.69. The summed E-state index contributed by atoms with van der Waals surface area (Å²) in [5.41, 5.74) is 0.631.